The number of aryl methyl sites for hydroxylation is 1. The topological polar surface area (TPSA) is 90.1 Å². The maximum absolute atomic E-state index is 11.9. The van der Waals surface area contributed by atoms with Crippen molar-refractivity contribution in [1.82, 2.24) is 9.97 Å². The second-order valence-electron chi connectivity index (χ2n) is 4.66. The maximum atomic E-state index is 11.9. The van der Waals surface area contributed by atoms with Crippen molar-refractivity contribution in [2.24, 2.45) is 5.73 Å². The van der Waals surface area contributed by atoms with Crippen molar-refractivity contribution in [2.45, 2.75) is 23.0 Å². The summed E-state index contributed by atoms with van der Waals surface area (Å²) in [5, 5.41) is 3.48. The van der Waals surface area contributed by atoms with Gasteiger partial charge in [-0.1, -0.05) is 0 Å². The normalized spacial score (nSPS) is 12.0. The summed E-state index contributed by atoms with van der Waals surface area (Å²) in [5.41, 5.74) is 7.37. The predicted molar refractivity (Wildman–Crippen MR) is 85.8 cm³/mol. The number of benzene rings is 1. The van der Waals surface area contributed by atoms with Crippen LogP contribution in [0.5, 0.6) is 0 Å². The molecule has 0 bridgehead atoms. The Morgan fingerprint density at radius 1 is 1.41 bits per heavy atom. The van der Waals surface area contributed by atoms with E-state index in [0.717, 1.165) is 16.1 Å². The van der Waals surface area contributed by atoms with Crippen LogP contribution in [-0.2, 0) is 9.53 Å². The number of amides is 1. The average molecular weight is 318 g/mol. The molecule has 1 unspecified atom stereocenters. The van der Waals surface area contributed by atoms with Gasteiger partial charge in [0.05, 0.1) is 6.61 Å². The van der Waals surface area contributed by atoms with Crippen LogP contribution in [0.15, 0.2) is 46.7 Å². The van der Waals surface area contributed by atoms with Crippen LogP contribution in [0, 0.1) is 6.92 Å². The molecule has 2 aromatic rings. The number of methoxy groups -OCH3 is 1. The van der Waals surface area contributed by atoms with E-state index in [9.17, 15) is 4.79 Å². The summed E-state index contributed by atoms with van der Waals surface area (Å²) >= 11 is 1.46. The van der Waals surface area contributed by atoms with E-state index in [4.69, 9.17) is 10.5 Å². The number of carbonyl (C=O) groups excluding carboxylic acids is 1. The van der Waals surface area contributed by atoms with Gasteiger partial charge in [-0.2, -0.15) is 0 Å². The summed E-state index contributed by atoms with van der Waals surface area (Å²) in [4.78, 5) is 21.2. The van der Waals surface area contributed by atoms with Crippen molar-refractivity contribution in [2.75, 3.05) is 19.0 Å². The summed E-state index contributed by atoms with van der Waals surface area (Å²) < 4.78 is 4.88. The molecule has 6 nitrogen and oxygen atoms in total. The summed E-state index contributed by atoms with van der Waals surface area (Å²) in [6.45, 7) is 2.11. The Kier molecular flexibility index (Phi) is 5.88. The highest BCUT2D eigenvalue weighted by Crippen LogP contribution is 2.27. The number of hydrogen-bond donors (Lipinski definition) is 2. The van der Waals surface area contributed by atoms with Gasteiger partial charge in [0.2, 0.25) is 5.91 Å². The van der Waals surface area contributed by atoms with Crippen molar-refractivity contribution in [3.8, 4) is 0 Å². The van der Waals surface area contributed by atoms with Crippen LogP contribution in [0.25, 0.3) is 0 Å². The highest BCUT2D eigenvalue weighted by molar-refractivity contribution is 7.99. The largest absolute Gasteiger partial charge is 0.383 e. The third-order valence-electron chi connectivity index (χ3n) is 2.89. The van der Waals surface area contributed by atoms with Crippen molar-refractivity contribution in [1.29, 1.82) is 0 Å². The Hall–Kier alpha value is -1.96. The SMILES string of the molecule is COCC(N)C(=O)Nc1ccc(Sc2ncccn2)cc1C. The lowest BCUT2D eigenvalue weighted by Gasteiger charge is -2.13. The van der Waals surface area contributed by atoms with Crippen molar-refractivity contribution < 1.29 is 9.53 Å². The Morgan fingerprint density at radius 3 is 2.77 bits per heavy atom. The summed E-state index contributed by atoms with van der Waals surface area (Å²) in [6, 6.07) is 6.82. The van der Waals surface area contributed by atoms with Gasteiger partial charge >= 0.3 is 0 Å². The van der Waals surface area contributed by atoms with Crippen molar-refractivity contribution in [3.05, 3.63) is 42.2 Å². The number of rotatable bonds is 6. The first-order valence-electron chi connectivity index (χ1n) is 6.71. The number of nitrogens with two attached hydrogens (primary N) is 1. The minimum atomic E-state index is -0.684. The molecule has 22 heavy (non-hydrogen) atoms. The van der Waals surface area contributed by atoms with Crippen LogP contribution in [0.3, 0.4) is 0 Å². The second kappa shape index (κ2) is 7.88. The molecule has 1 aromatic heterocycles. The maximum Gasteiger partial charge on any atom is 0.243 e. The van der Waals surface area contributed by atoms with Gasteiger partial charge in [-0.05, 0) is 48.5 Å². The van der Waals surface area contributed by atoms with Gasteiger partial charge in [-0.25, -0.2) is 9.97 Å². The molecule has 0 aliphatic heterocycles. The van der Waals surface area contributed by atoms with E-state index < -0.39 is 6.04 Å². The van der Waals surface area contributed by atoms with E-state index in [1.54, 1.807) is 18.5 Å². The molecule has 0 aliphatic rings. The summed E-state index contributed by atoms with van der Waals surface area (Å²) in [6.07, 6.45) is 3.40. The molecule has 1 heterocycles. The molecule has 1 aromatic carbocycles. The molecule has 0 saturated heterocycles. The molecule has 0 saturated carbocycles. The van der Waals surface area contributed by atoms with E-state index >= 15 is 0 Å². The van der Waals surface area contributed by atoms with Gasteiger partial charge in [0.15, 0.2) is 5.16 Å². The molecule has 0 fully saturated rings. The van der Waals surface area contributed by atoms with E-state index in [-0.39, 0.29) is 12.5 Å². The zero-order chi connectivity index (χ0) is 15.9. The van der Waals surface area contributed by atoms with E-state index in [1.807, 2.05) is 25.1 Å². The minimum absolute atomic E-state index is 0.185. The fourth-order valence-corrected chi connectivity index (χ4v) is 2.57. The molecular formula is C15H18N4O2S. The summed E-state index contributed by atoms with van der Waals surface area (Å²) in [5.74, 6) is -0.267. The molecule has 3 N–H and O–H groups in total. The summed E-state index contributed by atoms with van der Waals surface area (Å²) in [7, 11) is 1.51. The zero-order valence-electron chi connectivity index (χ0n) is 12.4. The Morgan fingerprint density at radius 2 is 2.14 bits per heavy atom. The Labute approximate surface area is 133 Å². The third kappa shape index (κ3) is 4.52. The van der Waals surface area contributed by atoms with Crippen LogP contribution in [0.4, 0.5) is 5.69 Å². The van der Waals surface area contributed by atoms with Gasteiger partial charge in [0, 0.05) is 30.1 Å². The standard InChI is InChI=1S/C15H18N4O2S/c1-10-8-11(22-15-17-6-3-7-18-15)4-5-13(10)19-14(20)12(16)9-21-2/h3-8,12H,9,16H2,1-2H3,(H,19,20). The van der Waals surface area contributed by atoms with Crippen LogP contribution < -0.4 is 11.1 Å². The predicted octanol–water partition coefficient (Wildman–Crippen LogP) is 1.85. The highest BCUT2D eigenvalue weighted by atomic mass is 32.2. The van der Waals surface area contributed by atoms with Gasteiger partial charge in [0.1, 0.15) is 6.04 Å². The average Bonchev–Trinajstić information content (AvgIpc) is 2.51. The smallest absolute Gasteiger partial charge is 0.243 e. The Balaban J connectivity index is 2.05. The second-order valence-corrected chi connectivity index (χ2v) is 5.70. The van der Waals surface area contributed by atoms with Crippen LogP contribution >= 0.6 is 11.8 Å². The number of carbonyl (C=O) groups is 1. The van der Waals surface area contributed by atoms with Gasteiger partial charge < -0.3 is 15.8 Å². The van der Waals surface area contributed by atoms with E-state index in [2.05, 4.69) is 15.3 Å². The number of hydrogen-bond acceptors (Lipinski definition) is 6. The lowest BCUT2D eigenvalue weighted by Crippen LogP contribution is -2.39. The lowest BCUT2D eigenvalue weighted by molar-refractivity contribution is -0.118. The monoisotopic (exact) mass is 318 g/mol. The molecule has 2 rings (SSSR count). The van der Waals surface area contributed by atoms with Crippen LogP contribution in [0.1, 0.15) is 5.56 Å². The minimum Gasteiger partial charge on any atom is -0.383 e. The fraction of sp³-hybridized carbons (Fsp3) is 0.267. The molecule has 116 valence electrons. The first kappa shape index (κ1) is 16.4. The number of ether oxygens (including phenoxy) is 1. The third-order valence-corrected chi connectivity index (χ3v) is 3.77. The van der Waals surface area contributed by atoms with Gasteiger partial charge in [-0.15, -0.1) is 0 Å². The van der Waals surface area contributed by atoms with E-state index in [0.29, 0.717) is 5.16 Å². The number of anilines is 1. The molecule has 1 atom stereocenters. The van der Waals surface area contributed by atoms with Crippen LogP contribution in [0.2, 0.25) is 0 Å². The fourth-order valence-electron chi connectivity index (χ4n) is 1.76. The Bertz CT molecular complexity index is 637. The number of nitrogens with zero attached hydrogens (tertiary/aromatic N) is 2. The molecule has 1 amide bonds. The molecule has 7 heteroatoms. The quantitative estimate of drug-likeness (QED) is 0.790. The van der Waals surface area contributed by atoms with Crippen LogP contribution in [-0.4, -0.2) is 35.6 Å². The van der Waals surface area contributed by atoms with Crippen molar-refractivity contribution >= 4 is 23.4 Å². The number of nitrogens with one attached hydrogen (secondary N) is 1. The zero-order valence-corrected chi connectivity index (χ0v) is 13.3. The van der Waals surface area contributed by atoms with E-state index in [1.165, 1.54) is 18.9 Å². The molecular weight excluding hydrogens is 300 g/mol. The van der Waals surface area contributed by atoms with Gasteiger partial charge in [-0.3, -0.25) is 4.79 Å². The first-order valence-corrected chi connectivity index (χ1v) is 7.52. The van der Waals surface area contributed by atoms with Crippen molar-refractivity contribution in [3.63, 3.8) is 0 Å². The molecule has 0 radical (unpaired) electrons. The highest BCUT2D eigenvalue weighted by Gasteiger charge is 2.14. The molecule has 0 aliphatic carbocycles. The number of aromatic nitrogens is 2. The lowest BCUT2D eigenvalue weighted by atomic mass is 10.2. The van der Waals surface area contributed by atoms with Gasteiger partial charge in [0.25, 0.3) is 0 Å². The molecule has 0 spiro atoms. The first-order chi connectivity index (χ1) is 10.6.